The number of carbonyl (C=O) groups excluding carboxylic acids is 1. The molecule has 1 aliphatic rings. The van der Waals surface area contributed by atoms with Crippen molar-refractivity contribution in [1.29, 1.82) is 0 Å². The summed E-state index contributed by atoms with van der Waals surface area (Å²) in [4.78, 5) is 29.5. The molecule has 0 saturated heterocycles. The minimum atomic E-state index is -1.15. The van der Waals surface area contributed by atoms with Crippen LogP contribution in [0.5, 0.6) is 0 Å². The van der Waals surface area contributed by atoms with Gasteiger partial charge in [0.2, 0.25) is 5.91 Å². The number of nitrogens with one attached hydrogen (secondary N) is 1. The Labute approximate surface area is 251 Å². The monoisotopic (exact) mass is 567 g/mol. The fraction of sp³-hybridized carbons (Fsp3) is 0.143. The maximum absolute atomic E-state index is 12.0. The molecule has 0 saturated carbocycles. The van der Waals surface area contributed by atoms with Gasteiger partial charge in [0.05, 0.1) is 11.2 Å². The lowest BCUT2D eigenvalue weighted by atomic mass is 9.73. The van der Waals surface area contributed by atoms with Crippen molar-refractivity contribution in [1.82, 2.24) is 15.0 Å². The lowest BCUT2D eigenvalue weighted by Gasteiger charge is -2.61. The van der Waals surface area contributed by atoms with Crippen LogP contribution in [0, 0.1) is 0 Å². The summed E-state index contributed by atoms with van der Waals surface area (Å²) < 4.78 is 0. The Bertz CT molecular complexity index is 1760. The van der Waals surface area contributed by atoms with Crippen LogP contribution in [-0.4, -0.2) is 26.6 Å². The standard InChI is InChI=1S/C35H33N7O/c1-25(43)40-31-24-30(18-23-39-31)41-33(27-14-19-37-20-15-27)32(26-10-6-4-7-11-26)34(2,28-16-21-38-22-17-28)42(35(41,3)36)29-12-8-5-9-13-29/h4-24H,36H2,1-3H3,(H,39,40,43). The molecule has 43 heavy (non-hydrogen) atoms. The van der Waals surface area contributed by atoms with Crippen LogP contribution in [0.4, 0.5) is 17.2 Å². The second-order valence-electron chi connectivity index (χ2n) is 10.8. The van der Waals surface area contributed by atoms with Gasteiger partial charge in [0.25, 0.3) is 0 Å². The molecule has 0 fully saturated rings. The number of aromatic nitrogens is 3. The predicted octanol–water partition coefficient (Wildman–Crippen LogP) is 6.27. The zero-order valence-corrected chi connectivity index (χ0v) is 24.3. The van der Waals surface area contributed by atoms with Gasteiger partial charge in [-0.05, 0) is 67.4 Å². The Balaban J connectivity index is 1.80. The Morgan fingerprint density at radius 1 is 0.744 bits per heavy atom. The fourth-order valence-corrected chi connectivity index (χ4v) is 6.28. The van der Waals surface area contributed by atoms with Gasteiger partial charge in [0.15, 0.2) is 5.79 Å². The molecule has 4 heterocycles. The van der Waals surface area contributed by atoms with Crippen molar-refractivity contribution in [3.8, 4) is 0 Å². The number of para-hydroxylation sites is 1. The molecule has 0 radical (unpaired) electrons. The van der Waals surface area contributed by atoms with Crippen molar-refractivity contribution in [3.05, 3.63) is 145 Å². The summed E-state index contributed by atoms with van der Waals surface area (Å²) in [5.74, 6) is -0.916. The first kappa shape index (κ1) is 27.8. The first-order chi connectivity index (χ1) is 20.8. The summed E-state index contributed by atoms with van der Waals surface area (Å²) in [6.07, 6.45) is 8.91. The van der Waals surface area contributed by atoms with Gasteiger partial charge in [-0.1, -0.05) is 48.5 Å². The number of anilines is 3. The zero-order chi connectivity index (χ0) is 30.0. The number of benzene rings is 2. The van der Waals surface area contributed by atoms with Crippen molar-refractivity contribution in [2.75, 3.05) is 15.1 Å². The second-order valence-corrected chi connectivity index (χ2v) is 10.8. The fourth-order valence-electron chi connectivity index (χ4n) is 6.28. The summed E-state index contributed by atoms with van der Waals surface area (Å²) in [6, 6.07) is 32.5. The van der Waals surface area contributed by atoms with Crippen molar-refractivity contribution in [2.24, 2.45) is 5.73 Å². The van der Waals surface area contributed by atoms with E-state index in [1.807, 2.05) is 80.0 Å². The average Bonchev–Trinajstić information content (AvgIpc) is 3.02. The zero-order valence-electron chi connectivity index (χ0n) is 24.3. The first-order valence-electron chi connectivity index (χ1n) is 14.1. The summed E-state index contributed by atoms with van der Waals surface area (Å²) in [5.41, 5.74) is 13.5. The quantitative estimate of drug-likeness (QED) is 0.249. The van der Waals surface area contributed by atoms with E-state index in [-0.39, 0.29) is 5.91 Å². The molecule has 8 heteroatoms. The molecule has 2 atom stereocenters. The number of hydrogen-bond acceptors (Lipinski definition) is 7. The predicted molar refractivity (Wildman–Crippen MR) is 172 cm³/mol. The molecule has 2 aromatic carbocycles. The first-order valence-corrected chi connectivity index (χ1v) is 14.1. The molecule has 1 aliphatic heterocycles. The van der Waals surface area contributed by atoms with Crippen LogP contribution in [0.2, 0.25) is 0 Å². The lowest BCUT2D eigenvalue weighted by Crippen LogP contribution is -2.73. The third kappa shape index (κ3) is 4.91. The highest BCUT2D eigenvalue weighted by molar-refractivity contribution is 6.05. The van der Waals surface area contributed by atoms with Gasteiger partial charge in [-0.2, -0.15) is 0 Å². The number of hydrogen-bond donors (Lipinski definition) is 2. The van der Waals surface area contributed by atoms with Gasteiger partial charge in [-0.25, -0.2) is 4.98 Å². The highest BCUT2D eigenvalue weighted by atomic mass is 16.1. The second kappa shape index (κ2) is 11.2. The Morgan fingerprint density at radius 2 is 1.35 bits per heavy atom. The topological polar surface area (TPSA) is 100 Å². The van der Waals surface area contributed by atoms with Crippen molar-refractivity contribution in [2.45, 2.75) is 32.1 Å². The maximum Gasteiger partial charge on any atom is 0.222 e. The van der Waals surface area contributed by atoms with E-state index >= 15 is 0 Å². The smallest absolute Gasteiger partial charge is 0.222 e. The third-order valence-electron chi connectivity index (χ3n) is 7.88. The molecule has 0 aliphatic carbocycles. The van der Waals surface area contributed by atoms with Gasteiger partial charge in [0, 0.05) is 66.5 Å². The van der Waals surface area contributed by atoms with E-state index in [4.69, 9.17) is 5.73 Å². The number of nitrogens with two attached hydrogens (primary N) is 1. The number of pyridine rings is 3. The van der Waals surface area contributed by atoms with E-state index < -0.39 is 11.3 Å². The van der Waals surface area contributed by atoms with Gasteiger partial charge in [0.1, 0.15) is 5.82 Å². The summed E-state index contributed by atoms with van der Waals surface area (Å²) >= 11 is 0. The molecule has 0 spiro atoms. The maximum atomic E-state index is 12.0. The SMILES string of the molecule is CC(=O)Nc1cc(N2C(c3ccncc3)=C(c3ccccc3)C(C)(c3ccncc3)N(c3ccccc3)C2(C)N)ccn1. The number of nitrogens with zero attached hydrogens (tertiary/aromatic N) is 5. The number of amides is 1. The molecule has 2 unspecified atom stereocenters. The molecule has 3 aromatic heterocycles. The van der Waals surface area contributed by atoms with Crippen LogP contribution in [0.1, 0.15) is 37.5 Å². The Kier molecular flexibility index (Phi) is 7.21. The van der Waals surface area contributed by atoms with Crippen LogP contribution in [-0.2, 0) is 10.3 Å². The summed E-state index contributed by atoms with van der Waals surface area (Å²) in [7, 11) is 0. The Morgan fingerprint density at radius 3 is 1.98 bits per heavy atom. The van der Waals surface area contributed by atoms with Gasteiger partial charge in [-0.3, -0.25) is 20.5 Å². The van der Waals surface area contributed by atoms with Crippen molar-refractivity contribution < 1.29 is 4.79 Å². The highest BCUT2D eigenvalue weighted by Gasteiger charge is 2.55. The van der Waals surface area contributed by atoms with Gasteiger partial charge >= 0.3 is 0 Å². The molecular formula is C35H33N7O. The molecule has 6 rings (SSSR count). The Hall–Kier alpha value is -5.34. The van der Waals surface area contributed by atoms with Gasteiger partial charge < -0.3 is 15.1 Å². The van der Waals surface area contributed by atoms with Crippen LogP contribution >= 0.6 is 0 Å². The van der Waals surface area contributed by atoms with E-state index in [9.17, 15) is 4.79 Å². The molecule has 0 bridgehead atoms. The molecule has 1 amide bonds. The van der Waals surface area contributed by atoms with E-state index in [0.29, 0.717) is 5.82 Å². The van der Waals surface area contributed by atoms with Crippen molar-refractivity contribution >= 4 is 34.4 Å². The highest BCUT2D eigenvalue weighted by Crippen LogP contribution is 2.55. The number of carbonyl (C=O) groups is 1. The van der Waals surface area contributed by atoms with Gasteiger partial charge in [-0.15, -0.1) is 0 Å². The van der Waals surface area contributed by atoms with Crippen molar-refractivity contribution in [3.63, 3.8) is 0 Å². The molecule has 3 N–H and O–H groups in total. The number of rotatable bonds is 6. The molecule has 5 aromatic rings. The lowest BCUT2D eigenvalue weighted by molar-refractivity contribution is -0.114. The van der Waals surface area contributed by atoms with Crippen LogP contribution < -0.4 is 20.9 Å². The molecule has 8 nitrogen and oxygen atoms in total. The van der Waals surface area contributed by atoms with E-state index in [2.05, 4.69) is 73.4 Å². The molecule has 214 valence electrons. The molecular weight excluding hydrogens is 534 g/mol. The normalized spacial score (nSPS) is 20.2. The minimum absolute atomic E-state index is 0.204. The van der Waals surface area contributed by atoms with E-state index in [0.717, 1.165) is 39.3 Å². The van der Waals surface area contributed by atoms with Crippen LogP contribution in [0.15, 0.2) is 128 Å². The minimum Gasteiger partial charge on any atom is -0.323 e. The van der Waals surface area contributed by atoms with E-state index in [1.54, 1.807) is 18.6 Å². The van der Waals surface area contributed by atoms with Crippen LogP contribution in [0.25, 0.3) is 11.3 Å². The van der Waals surface area contributed by atoms with E-state index in [1.165, 1.54) is 6.92 Å². The third-order valence-corrected chi connectivity index (χ3v) is 7.88. The summed E-state index contributed by atoms with van der Waals surface area (Å²) in [6.45, 7) is 5.70. The largest absolute Gasteiger partial charge is 0.323 e. The average molecular weight is 568 g/mol. The van der Waals surface area contributed by atoms with Crippen LogP contribution in [0.3, 0.4) is 0 Å². The summed E-state index contributed by atoms with van der Waals surface area (Å²) in [5, 5.41) is 2.83.